The number of nitrogens with one attached hydrogen (secondary N) is 1. The van der Waals surface area contributed by atoms with Crippen LogP contribution in [0.25, 0.3) is 11.1 Å². The topological polar surface area (TPSA) is 113 Å². The van der Waals surface area contributed by atoms with Gasteiger partial charge in [0.2, 0.25) is 5.88 Å². The Morgan fingerprint density at radius 1 is 1.31 bits per heavy atom. The van der Waals surface area contributed by atoms with Crippen LogP contribution in [0.5, 0.6) is 5.88 Å². The van der Waals surface area contributed by atoms with E-state index >= 15 is 0 Å². The lowest BCUT2D eigenvalue weighted by Gasteiger charge is -2.16. The van der Waals surface area contributed by atoms with Gasteiger partial charge in [-0.2, -0.15) is 5.10 Å². The Labute approximate surface area is 218 Å². The Balaban J connectivity index is 1.40. The van der Waals surface area contributed by atoms with Crippen molar-refractivity contribution in [2.45, 2.75) is 38.6 Å². The van der Waals surface area contributed by atoms with Crippen LogP contribution in [-0.4, -0.2) is 40.6 Å². The van der Waals surface area contributed by atoms with Gasteiger partial charge in [-0.25, -0.2) is 9.48 Å². The van der Waals surface area contributed by atoms with Gasteiger partial charge in [-0.3, -0.25) is 4.79 Å². The lowest BCUT2D eigenvalue weighted by atomic mass is 10.1. The van der Waals surface area contributed by atoms with Crippen LogP contribution in [0.1, 0.15) is 49.0 Å². The zero-order valence-corrected chi connectivity index (χ0v) is 22.4. The third-order valence-electron chi connectivity index (χ3n) is 6.32. The van der Waals surface area contributed by atoms with Crippen molar-refractivity contribution < 1.29 is 14.3 Å². The summed E-state index contributed by atoms with van der Waals surface area (Å²) in [6, 6.07) is 7.45. The van der Waals surface area contributed by atoms with Crippen LogP contribution in [0.15, 0.2) is 45.9 Å². The van der Waals surface area contributed by atoms with E-state index in [1.807, 2.05) is 18.2 Å². The number of halogens is 1. The molecule has 1 aliphatic carbocycles. The van der Waals surface area contributed by atoms with Gasteiger partial charge in [0.25, 0.3) is 5.56 Å². The predicted octanol–water partition coefficient (Wildman–Crippen LogP) is 4.62. The van der Waals surface area contributed by atoms with Gasteiger partial charge in [0, 0.05) is 30.3 Å². The minimum absolute atomic E-state index is 0.115. The maximum Gasteiger partial charge on any atom is 0.339 e. The molecule has 36 heavy (non-hydrogen) atoms. The third kappa shape index (κ3) is 5.92. The molecule has 0 aliphatic heterocycles. The zero-order valence-electron chi connectivity index (χ0n) is 20.8. The first-order valence-corrected chi connectivity index (χ1v) is 12.9. The van der Waals surface area contributed by atoms with Crippen LogP contribution in [0.2, 0.25) is 0 Å². The molecular weight excluding hydrogens is 526 g/mol. The van der Waals surface area contributed by atoms with E-state index in [1.165, 1.54) is 7.11 Å². The van der Waals surface area contributed by atoms with E-state index in [4.69, 9.17) is 15.2 Å². The predicted molar refractivity (Wildman–Crippen MR) is 143 cm³/mol. The normalized spacial score (nSPS) is 13.9. The molecule has 0 spiro atoms. The summed E-state index contributed by atoms with van der Waals surface area (Å²) in [5, 5.41) is 7.72. The molecule has 0 unspecified atom stereocenters. The van der Waals surface area contributed by atoms with Crippen LogP contribution in [0.4, 0.5) is 11.4 Å². The summed E-state index contributed by atoms with van der Waals surface area (Å²) in [5.41, 5.74) is 8.81. The number of hydrogen-bond donors (Lipinski definition) is 2. The summed E-state index contributed by atoms with van der Waals surface area (Å²) in [6.07, 6.45) is 6.81. The molecule has 0 saturated heterocycles. The van der Waals surface area contributed by atoms with Gasteiger partial charge < -0.3 is 25.1 Å². The second-order valence-electron chi connectivity index (χ2n) is 9.27. The SMILES string of the molecule is COC(=O)c1cc(-c2cnn(C)c2OCCC[C@@H](C)CNc2cc(Br)ccc2N)c(=O)n(C2CC2)c1. The van der Waals surface area contributed by atoms with E-state index < -0.39 is 5.97 Å². The summed E-state index contributed by atoms with van der Waals surface area (Å²) in [6.45, 7) is 3.44. The molecule has 2 aromatic heterocycles. The van der Waals surface area contributed by atoms with Crippen LogP contribution >= 0.6 is 15.9 Å². The Morgan fingerprint density at radius 3 is 2.81 bits per heavy atom. The highest BCUT2D eigenvalue weighted by Crippen LogP contribution is 2.35. The monoisotopic (exact) mass is 557 g/mol. The maximum absolute atomic E-state index is 13.2. The van der Waals surface area contributed by atoms with Crippen molar-refractivity contribution >= 4 is 33.3 Å². The Bertz CT molecular complexity index is 1300. The quantitative estimate of drug-likeness (QED) is 0.201. The molecular formula is C26H32BrN5O4. The minimum atomic E-state index is -0.482. The molecule has 10 heteroatoms. The number of nitrogens with zero attached hydrogens (tertiary/aromatic N) is 3. The second-order valence-corrected chi connectivity index (χ2v) is 10.2. The number of esters is 1. The molecule has 0 radical (unpaired) electrons. The van der Waals surface area contributed by atoms with Gasteiger partial charge in [0.1, 0.15) is 0 Å². The molecule has 3 N–H and O–H groups in total. The fourth-order valence-corrected chi connectivity index (χ4v) is 4.46. The lowest BCUT2D eigenvalue weighted by molar-refractivity contribution is 0.0599. The number of nitrogens with two attached hydrogens (primary N) is 1. The first-order chi connectivity index (χ1) is 17.3. The van der Waals surface area contributed by atoms with Gasteiger partial charge in [0.05, 0.1) is 48.0 Å². The van der Waals surface area contributed by atoms with Crippen LogP contribution in [-0.2, 0) is 11.8 Å². The number of pyridine rings is 1. The molecule has 1 saturated carbocycles. The summed E-state index contributed by atoms with van der Waals surface area (Å²) in [5.74, 6) is 0.425. The molecule has 1 aliphatic rings. The third-order valence-corrected chi connectivity index (χ3v) is 6.81. The fraction of sp³-hybridized carbons (Fsp3) is 0.423. The van der Waals surface area contributed by atoms with E-state index in [2.05, 4.69) is 33.3 Å². The van der Waals surface area contributed by atoms with Gasteiger partial charge in [-0.15, -0.1) is 0 Å². The number of carbonyl (C=O) groups excluding carboxylic acids is 1. The summed E-state index contributed by atoms with van der Waals surface area (Å²) < 4.78 is 15.2. The van der Waals surface area contributed by atoms with E-state index in [0.717, 1.165) is 48.1 Å². The maximum atomic E-state index is 13.2. The van der Waals surface area contributed by atoms with Crippen LogP contribution in [0.3, 0.4) is 0 Å². The summed E-state index contributed by atoms with van der Waals surface area (Å²) in [4.78, 5) is 25.5. The van der Waals surface area contributed by atoms with Crippen molar-refractivity contribution in [3.8, 4) is 17.0 Å². The van der Waals surface area contributed by atoms with Crippen molar-refractivity contribution in [3.05, 3.63) is 57.0 Å². The molecule has 0 amide bonds. The minimum Gasteiger partial charge on any atom is -0.477 e. The van der Waals surface area contributed by atoms with Gasteiger partial charge in [-0.05, 0) is 55.9 Å². The van der Waals surface area contributed by atoms with Crippen molar-refractivity contribution in [1.82, 2.24) is 14.3 Å². The van der Waals surface area contributed by atoms with Crippen molar-refractivity contribution in [1.29, 1.82) is 0 Å². The molecule has 1 aromatic carbocycles. The number of benzene rings is 1. The molecule has 1 atom stereocenters. The Kier molecular flexibility index (Phi) is 8.03. The molecule has 1 fully saturated rings. The number of carbonyl (C=O) groups is 1. The smallest absolute Gasteiger partial charge is 0.339 e. The number of anilines is 2. The van der Waals surface area contributed by atoms with Crippen molar-refractivity contribution in [2.75, 3.05) is 31.3 Å². The second kappa shape index (κ2) is 11.2. The number of aromatic nitrogens is 3. The van der Waals surface area contributed by atoms with E-state index in [0.29, 0.717) is 35.1 Å². The molecule has 4 rings (SSSR count). The van der Waals surface area contributed by atoms with E-state index in [-0.39, 0.29) is 11.6 Å². The highest BCUT2D eigenvalue weighted by molar-refractivity contribution is 9.10. The molecule has 0 bridgehead atoms. The van der Waals surface area contributed by atoms with Gasteiger partial charge >= 0.3 is 5.97 Å². The average Bonchev–Trinajstić information content (AvgIpc) is 3.65. The highest BCUT2D eigenvalue weighted by Gasteiger charge is 2.28. The Hall–Kier alpha value is -3.27. The van der Waals surface area contributed by atoms with Crippen LogP contribution < -0.4 is 21.3 Å². The number of methoxy groups -OCH3 is 1. The number of hydrogen-bond acceptors (Lipinski definition) is 7. The molecule has 3 aromatic rings. The van der Waals surface area contributed by atoms with E-state index in [9.17, 15) is 9.59 Å². The van der Waals surface area contributed by atoms with E-state index in [1.54, 1.807) is 34.8 Å². The number of nitrogen functional groups attached to an aromatic ring is 1. The first kappa shape index (κ1) is 25.8. The largest absolute Gasteiger partial charge is 0.477 e. The first-order valence-electron chi connectivity index (χ1n) is 12.1. The lowest BCUT2D eigenvalue weighted by Crippen LogP contribution is -2.22. The molecule has 9 nitrogen and oxygen atoms in total. The van der Waals surface area contributed by atoms with Crippen molar-refractivity contribution in [3.63, 3.8) is 0 Å². The highest BCUT2D eigenvalue weighted by atomic mass is 79.9. The standard InChI is InChI=1S/C26H32BrN5O4/c1-16(13-29-23-12-18(27)6-9-22(23)28)5-4-10-36-25-21(14-30-31(25)2)20-11-17(26(34)35-3)15-32(24(20)33)19-7-8-19/h6,9,11-12,14-16,19,29H,4-5,7-8,10,13,28H2,1-3H3/t16-/m1/s1. The van der Waals surface area contributed by atoms with Crippen molar-refractivity contribution in [2.24, 2.45) is 13.0 Å². The zero-order chi connectivity index (χ0) is 25.8. The van der Waals surface area contributed by atoms with Gasteiger partial charge in [-0.1, -0.05) is 22.9 Å². The molecule has 192 valence electrons. The fourth-order valence-electron chi connectivity index (χ4n) is 4.10. The Morgan fingerprint density at radius 2 is 2.08 bits per heavy atom. The average molecular weight is 558 g/mol. The summed E-state index contributed by atoms with van der Waals surface area (Å²) in [7, 11) is 3.11. The van der Waals surface area contributed by atoms with Gasteiger partial charge in [0.15, 0.2) is 0 Å². The summed E-state index contributed by atoms with van der Waals surface area (Å²) >= 11 is 3.47. The number of ether oxygens (including phenoxy) is 2. The molecule has 2 heterocycles. The number of aryl methyl sites for hydroxylation is 1. The number of rotatable bonds is 11. The van der Waals surface area contributed by atoms with Crippen LogP contribution in [0, 0.1) is 5.92 Å².